The monoisotopic (exact) mass is 381 g/mol. The average molecular weight is 382 g/mol. The van der Waals surface area contributed by atoms with Gasteiger partial charge in [-0.1, -0.05) is 30.3 Å². The van der Waals surface area contributed by atoms with Crippen LogP contribution in [0.3, 0.4) is 0 Å². The summed E-state index contributed by atoms with van der Waals surface area (Å²) in [7, 11) is 0. The van der Waals surface area contributed by atoms with Gasteiger partial charge in [0.05, 0.1) is 5.41 Å². The molecule has 1 amide bonds. The highest BCUT2D eigenvalue weighted by Crippen LogP contribution is 2.60. The second-order valence-corrected chi connectivity index (χ2v) is 9.78. The van der Waals surface area contributed by atoms with Crippen molar-refractivity contribution in [2.75, 3.05) is 13.1 Å². The Morgan fingerprint density at radius 3 is 2.04 bits per heavy atom. The molecule has 28 heavy (non-hydrogen) atoms. The lowest BCUT2D eigenvalue weighted by Gasteiger charge is -2.55. The van der Waals surface area contributed by atoms with Gasteiger partial charge in [0.25, 0.3) is 5.91 Å². The third kappa shape index (κ3) is 3.25. The van der Waals surface area contributed by atoms with Crippen molar-refractivity contribution in [1.82, 2.24) is 4.90 Å². The molecule has 0 aromatic heterocycles. The molecule has 4 nitrogen and oxygen atoms in total. The Kier molecular flexibility index (Phi) is 4.68. The van der Waals surface area contributed by atoms with Gasteiger partial charge < -0.3 is 9.64 Å². The molecule has 0 spiro atoms. The zero-order valence-corrected chi connectivity index (χ0v) is 16.6. The highest BCUT2D eigenvalue weighted by molar-refractivity contribution is 5.86. The number of carbonyl (C=O) groups is 2. The molecule has 5 aliphatic rings. The molecule has 4 heteroatoms. The van der Waals surface area contributed by atoms with Crippen molar-refractivity contribution >= 4 is 11.9 Å². The van der Waals surface area contributed by atoms with Gasteiger partial charge in [0, 0.05) is 18.7 Å². The minimum absolute atomic E-state index is 0.0380. The molecule has 150 valence electrons. The predicted octanol–water partition coefficient (Wildman–Crippen LogP) is 4.50. The van der Waals surface area contributed by atoms with Gasteiger partial charge in [-0.2, -0.15) is 0 Å². The standard InChI is InChI=1S/C24H31NO3/c26-22(25-9-5-2-6-10-25)21(20-7-3-1-4-8-20)28-23(27)24-14-17-11-18(15-24)13-19(12-17)16-24/h1,3-4,7-8,17-19,21H,2,5-6,9-16H2/t17?,18?,19?,21-,24?/m0/s1. The van der Waals surface area contributed by atoms with Gasteiger partial charge in [-0.05, 0) is 75.5 Å². The molecule has 1 aliphatic heterocycles. The Labute approximate surface area is 167 Å². The van der Waals surface area contributed by atoms with Gasteiger partial charge in [-0.3, -0.25) is 9.59 Å². The van der Waals surface area contributed by atoms with Gasteiger partial charge >= 0.3 is 5.97 Å². The number of benzene rings is 1. The Hall–Kier alpha value is -1.84. The lowest BCUT2D eigenvalue weighted by molar-refractivity contribution is -0.182. The third-order valence-electron chi connectivity index (χ3n) is 7.69. The Morgan fingerprint density at radius 2 is 1.46 bits per heavy atom. The molecule has 1 heterocycles. The van der Waals surface area contributed by atoms with E-state index in [9.17, 15) is 9.59 Å². The maximum atomic E-state index is 13.5. The molecule has 6 rings (SSSR count). The van der Waals surface area contributed by atoms with Crippen molar-refractivity contribution in [3.8, 4) is 0 Å². The van der Waals surface area contributed by atoms with E-state index < -0.39 is 6.10 Å². The normalized spacial score (nSPS) is 34.9. The molecule has 5 fully saturated rings. The molecular formula is C24H31NO3. The molecule has 1 atom stereocenters. The van der Waals surface area contributed by atoms with Crippen LogP contribution in [0.25, 0.3) is 0 Å². The summed E-state index contributed by atoms with van der Waals surface area (Å²) in [6.07, 6.45) is 9.24. The van der Waals surface area contributed by atoms with Crippen LogP contribution in [0.5, 0.6) is 0 Å². The zero-order chi connectivity index (χ0) is 19.1. The average Bonchev–Trinajstić information content (AvgIpc) is 2.71. The number of rotatable bonds is 4. The number of ether oxygens (including phenoxy) is 1. The van der Waals surface area contributed by atoms with Crippen LogP contribution in [-0.2, 0) is 14.3 Å². The third-order valence-corrected chi connectivity index (χ3v) is 7.69. The van der Waals surface area contributed by atoms with Gasteiger partial charge in [0.15, 0.2) is 0 Å². The van der Waals surface area contributed by atoms with Crippen LogP contribution in [0.15, 0.2) is 30.3 Å². The van der Waals surface area contributed by atoms with E-state index in [0.29, 0.717) is 17.8 Å². The van der Waals surface area contributed by atoms with Crippen molar-refractivity contribution < 1.29 is 14.3 Å². The Morgan fingerprint density at radius 1 is 0.893 bits per heavy atom. The molecular weight excluding hydrogens is 350 g/mol. The Bertz CT molecular complexity index is 702. The molecule has 1 aromatic rings. The van der Waals surface area contributed by atoms with Gasteiger partial charge in [-0.15, -0.1) is 0 Å². The van der Waals surface area contributed by atoms with E-state index in [1.54, 1.807) is 0 Å². The highest BCUT2D eigenvalue weighted by atomic mass is 16.5. The van der Waals surface area contributed by atoms with E-state index in [0.717, 1.165) is 50.8 Å². The van der Waals surface area contributed by atoms with Crippen LogP contribution in [0.2, 0.25) is 0 Å². The van der Waals surface area contributed by atoms with Crippen LogP contribution in [-0.4, -0.2) is 29.9 Å². The summed E-state index contributed by atoms with van der Waals surface area (Å²) < 4.78 is 6.11. The second kappa shape index (κ2) is 7.20. The van der Waals surface area contributed by atoms with Crippen LogP contribution >= 0.6 is 0 Å². The van der Waals surface area contributed by atoms with Gasteiger partial charge in [0.1, 0.15) is 0 Å². The fourth-order valence-electron chi connectivity index (χ4n) is 6.76. The van der Waals surface area contributed by atoms with Gasteiger partial charge in [-0.25, -0.2) is 0 Å². The smallest absolute Gasteiger partial charge is 0.313 e. The first-order valence-electron chi connectivity index (χ1n) is 11.2. The van der Waals surface area contributed by atoms with Crippen LogP contribution in [0.1, 0.15) is 69.5 Å². The van der Waals surface area contributed by atoms with E-state index in [1.807, 2.05) is 35.2 Å². The largest absolute Gasteiger partial charge is 0.447 e. The number of esters is 1. The van der Waals surface area contributed by atoms with E-state index in [1.165, 1.54) is 25.7 Å². The first-order chi connectivity index (χ1) is 13.6. The summed E-state index contributed by atoms with van der Waals surface area (Å²) in [5, 5.41) is 0. The number of nitrogens with zero attached hydrogens (tertiary/aromatic N) is 1. The molecule has 0 radical (unpaired) electrons. The first-order valence-corrected chi connectivity index (χ1v) is 11.2. The Balaban J connectivity index is 1.38. The maximum Gasteiger partial charge on any atom is 0.313 e. The summed E-state index contributed by atoms with van der Waals surface area (Å²) in [5.41, 5.74) is 0.473. The van der Waals surface area contributed by atoms with Crippen molar-refractivity contribution in [2.24, 2.45) is 23.2 Å². The fraction of sp³-hybridized carbons (Fsp3) is 0.667. The van der Waals surface area contributed by atoms with E-state index in [4.69, 9.17) is 4.74 Å². The molecule has 4 saturated carbocycles. The van der Waals surface area contributed by atoms with Gasteiger partial charge in [0.2, 0.25) is 6.10 Å². The van der Waals surface area contributed by atoms with Crippen LogP contribution in [0.4, 0.5) is 0 Å². The van der Waals surface area contributed by atoms with Crippen molar-refractivity contribution in [1.29, 1.82) is 0 Å². The van der Waals surface area contributed by atoms with Crippen molar-refractivity contribution in [3.63, 3.8) is 0 Å². The zero-order valence-electron chi connectivity index (χ0n) is 16.6. The van der Waals surface area contributed by atoms with Crippen molar-refractivity contribution in [3.05, 3.63) is 35.9 Å². The topological polar surface area (TPSA) is 46.6 Å². The van der Waals surface area contributed by atoms with Crippen LogP contribution < -0.4 is 0 Å². The number of hydrogen-bond acceptors (Lipinski definition) is 3. The number of amides is 1. The summed E-state index contributed by atoms with van der Waals surface area (Å²) in [5.74, 6) is 1.92. The number of likely N-dealkylation sites (tertiary alicyclic amines) is 1. The molecule has 0 unspecified atom stereocenters. The maximum absolute atomic E-state index is 13.5. The summed E-state index contributed by atoms with van der Waals surface area (Å²) in [4.78, 5) is 28.7. The van der Waals surface area contributed by atoms with E-state index in [2.05, 4.69) is 0 Å². The first kappa shape index (κ1) is 18.2. The molecule has 4 bridgehead atoms. The SMILES string of the molecule is O=C([C@@H](OC(=O)C12CC3CC(CC(C3)C1)C2)c1ccccc1)N1CCCCC1. The predicted molar refractivity (Wildman–Crippen MR) is 106 cm³/mol. The second-order valence-electron chi connectivity index (χ2n) is 9.78. The fourth-order valence-corrected chi connectivity index (χ4v) is 6.76. The summed E-state index contributed by atoms with van der Waals surface area (Å²) in [6.45, 7) is 1.55. The summed E-state index contributed by atoms with van der Waals surface area (Å²) in [6, 6.07) is 9.61. The van der Waals surface area contributed by atoms with E-state index in [-0.39, 0.29) is 17.3 Å². The lowest BCUT2D eigenvalue weighted by atomic mass is 9.49. The minimum Gasteiger partial charge on any atom is -0.447 e. The van der Waals surface area contributed by atoms with Crippen molar-refractivity contribution in [2.45, 2.75) is 63.9 Å². The van der Waals surface area contributed by atoms with Crippen LogP contribution in [0, 0.1) is 23.2 Å². The number of hydrogen-bond donors (Lipinski definition) is 0. The quantitative estimate of drug-likeness (QED) is 0.722. The lowest BCUT2D eigenvalue weighted by Crippen LogP contribution is -2.51. The summed E-state index contributed by atoms with van der Waals surface area (Å²) >= 11 is 0. The molecule has 0 N–H and O–H groups in total. The molecule has 4 aliphatic carbocycles. The highest BCUT2D eigenvalue weighted by Gasteiger charge is 2.56. The molecule has 1 saturated heterocycles. The van der Waals surface area contributed by atoms with E-state index >= 15 is 0 Å². The minimum atomic E-state index is -0.792. The number of piperidine rings is 1. The number of carbonyl (C=O) groups excluding carboxylic acids is 2. The molecule has 1 aromatic carbocycles.